The molecule has 5 heteroatoms. The molecule has 0 unspecified atom stereocenters. The molecular formula is C7H9N3O2. The van der Waals surface area contributed by atoms with Crippen LogP contribution in [-0.2, 0) is 6.54 Å². The fraction of sp³-hybridized carbons (Fsp3) is 0.429. The van der Waals surface area contributed by atoms with Crippen LogP contribution in [0.2, 0.25) is 0 Å². The van der Waals surface area contributed by atoms with Crippen LogP contribution < -0.4 is 5.32 Å². The van der Waals surface area contributed by atoms with E-state index in [4.69, 9.17) is 5.11 Å². The van der Waals surface area contributed by atoms with Gasteiger partial charge in [-0.3, -0.25) is 0 Å². The van der Waals surface area contributed by atoms with Crippen LogP contribution in [0.5, 0.6) is 0 Å². The van der Waals surface area contributed by atoms with Gasteiger partial charge in [-0.1, -0.05) is 0 Å². The average Bonchev–Trinajstić information content (AvgIpc) is 2.47. The molecule has 1 aromatic heterocycles. The normalized spacial score (nSPS) is 15.0. The summed E-state index contributed by atoms with van der Waals surface area (Å²) in [5.41, 5.74) is 0.120. The summed E-state index contributed by atoms with van der Waals surface area (Å²) in [6.07, 6.45) is 2.58. The number of carboxylic acids is 1. The molecule has 0 fully saturated rings. The fourth-order valence-corrected chi connectivity index (χ4v) is 1.35. The zero-order chi connectivity index (χ0) is 8.55. The third kappa shape index (κ3) is 0.939. The molecule has 1 aliphatic heterocycles. The van der Waals surface area contributed by atoms with E-state index in [9.17, 15) is 4.79 Å². The number of aromatic nitrogens is 2. The summed E-state index contributed by atoms with van der Waals surface area (Å²) in [6.45, 7) is 1.68. The van der Waals surface area contributed by atoms with Gasteiger partial charge in [-0.2, -0.15) is 0 Å². The van der Waals surface area contributed by atoms with Gasteiger partial charge in [-0.05, 0) is 6.42 Å². The lowest BCUT2D eigenvalue weighted by atomic mass is 10.3. The average molecular weight is 167 g/mol. The van der Waals surface area contributed by atoms with Crippen LogP contribution in [0.4, 0.5) is 5.82 Å². The molecule has 2 rings (SSSR count). The molecule has 1 aromatic rings. The Balaban J connectivity index is 2.44. The lowest BCUT2D eigenvalue weighted by molar-refractivity contribution is 0.0692. The number of carbonyl (C=O) groups is 1. The number of imidazole rings is 1. The maximum absolute atomic E-state index is 10.6. The predicted molar refractivity (Wildman–Crippen MR) is 42.3 cm³/mol. The zero-order valence-electron chi connectivity index (χ0n) is 6.45. The van der Waals surface area contributed by atoms with Gasteiger partial charge in [0.1, 0.15) is 5.82 Å². The minimum Gasteiger partial charge on any atom is -0.476 e. The first kappa shape index (κ1) is 7.15. The number of nitrogens with zero attached hydrogens (tertiary/aromatic N) is 2. The van der Waals surface area contributed by atoms with Crippen molar-refractivity contribution in [3.8, 4) is 0 Å². The molecule has 0 aliphatic carbocycles. The van der Waals surface area contributed by atoms with Crippen molar-refractivity contribution >= 4 is 11.8 Å². The van der Waals surface area contributed by atoms with Crippen LogP contribution in [0.3, 0.4) is 0 Å². The van der Waals surface area contributed by atoms with Crippen LogP contribution >= 0.6 is 0 Å². The van der Waals surface area contributed by atoms with Crippen molar-refractivity contribution in [2.24, 2.45) is 0 Å². The number of carboxylic acid groups (broad SMARTS) is 1. The van der Waals surface area contributed by atoms with Crippen molar-refractivity contribution in [2.75, 3.05) is 11.9 Å². The van der Waals surface area contributed by atoms with Gasteiger partial charge in [0.25, 0.3) is 0 Å². The van der Waals surface area contributed by atoms with Gasteiger partial charge in [-0.15, -0.1) is 0 Å². The lowest BCUT2D eigenvalue weighted by Crippen LogP contribution is -2.18. The van der Waals surface area contributed by atoms with Crippen molar-refractivity contribution < 1.29 is 9.90 Å². The summed E-state index contributed by atoms with van der Waals surface area (Å²) < 4.78 is 1.83. The first-order chi connectivity index (χ1) is 5.79. The number of anilines is 1. The maximum atomic E-state index is 10.6. The van der Waals surface area contributed by atoms with Crippen LogP contribution in [0.15, 0.2) is 6.33 Å². The van der Waals surface area contributed by atoms with E-state index in [2.05, 4.69) is 10.3 Å². The molecule has 0 aromatic carbocycles. The maximum Gasteiger partial charge on any atom is 0.358 e. The smallest absolute Gasteiger partial charge is 0.358 e. The predicted octanol–water partition coefficient (Wildman–Crippen LogP) is 0.397. The van der Waals surface area contributed by atoms with E-state index in [1.54, 1.807) is 6.33 Å². The first-order valence-corrected chi connectivity index (χ1v) is 3.81. The number of aryl methyl sites for hydroxylation is 1. The Bertz CT molecular complexity index is 318. The number of rotatable bonds is 1. The standard InChI is InChI=1S/C7H9N3O2/c11-7(12)5-6-8-2-1-3-10(6)4-9-5/h4,8H,1-3H2,(H,11,12). The highest BCUT2D eigenvalue weighted by atomic mass is 16.4. The highest BCUT2D eigenvalue weighted by molar-refractivity contribution is 5.91. The highest BCUT2D eigenvalue weighted by Crippen LogP contribution is 2.18. The summed E-state index contributed by atoms with van der Waals surface area (Å²) in [7, 11) is 0. The second-order valence-corrected chi connectivity index (χ2v) is 2.72. The number of fused-ring (bicyclic) bond motifs is 1. The molecular weight excluding hydrogens is 158 g/mol. The molecule has 0 saturated carbocycles. The molecule has 0 bridgehead atoms. The minimum absolute atomic E-state index is 0.120. The summed E-state index contributed by atoms with van der Waals surface area (Å²) in [5.74, 6) is -0.341. The van der Waals surface area contributed by atoms with E-state index in [1.165, 1.54) is 0 Å². The van der Waals surface area contributed by atoms with Crippen LogP contribution in [0, 0.1) is 0 Å². The Labute approximate surface area is 69.0 Å². The molecule has 5 nitrogen and oxygen atoms in total. The van der Waals surface area contributed by atoms with Crippen molar-refractivity contribution in [2.45, 2.75) is 13.0 Å². The third-order valence-corrected chi connectivity index (χ3v) is 1.91. The van der Waals surface area contributed by atoms with E-state index in [0.29, 0.717) is 5.82 Å². The van der Waals surface area contributed by atoms with E-state index in [1.807, 2.05) is 4.57 Å². The molecule has 2 N–H and O–H groups in total. The van der Waals surface area contributed by atoms with Crippen molar-refractivity contribution in [1.82, 2.24) is 9.55 Å². The molecule has 1 aliphatic rings. The van der Waals surface area contributed by atoms with E-state index in [0.717, 1.165) is 19.5 Å². The Morgan fingerprint density at radius 3 is 3.33 bits per heavy atom. The van der Waals surface area contributed by atoms with Crippen molar-refractivity contribution in [3.05, 3.63) is 12.0 Å². The third-order valence-electron chi connectivity index (χ3n) is 1.91. The van der Waals surface area contributed by atoms with Gasteiger partial charge in [0.2, 0.25) is 0 Å². The zero-order valence-corrected chi connectivity index (χ0v) is 6.45. The van der Waals surface area contributed by atoms with Crippen LogP contribution in [0.25, 0.3) is 0 Å². The Hall–Kier alpha value is -1.52. The van der Waals surface area contributed by atoms with Gasteiger partial charge < -0.3 is 15.0 Å². The second-order valence-electron chi connectivity index (χ2n) is 2.72. The van der Waals surface area contributed by atoms with Crippen LogP contribution in [0.1, 0.15) is 16.9 Å². The van der Waals surface area contributed by atoms with Gasteiger partial charge in [0.15, 0.2) is 5.69 Å². The summed E-state index contributed by atoms with van der Waals surface area (Å²) in [6, 6.07) is 0. The number of aromatic carboxylic acids is 1. The summed E-state index contributed by atoms with van der Waals surface area (Å²) in [4.78, 5) is 14.4. The fourth-order valence-electron chi connectivity index (χ4n) is 1.35. The largest absolute Gasteiger partial charge is 0.476 e. The van der Waals surface area contributed by atoms with E-state index in [-0.39, 0.29) is 5.69 Å². The van der Waals surface area contributed by atoms with Gasteiger partial charge in [0.05, 0.1) is 6.33 Å². The van der Waals surface area contributed by atoms with Gasteiger partial charge in [-0.25, -0.2) is 9.78 Å². The Morgan fingerprint density at radius 2 is 2.58 bits per heavy atom. The molecule has 2 heterocycles. The molecule has 0 atom stereocenters. The van der Waals surface area contributed by atoms with Crippen molar-refractivity contribution in [3.63, 3.8) is 0 Å². The summed E-state index contributed by atoms with van der Waals surface area (Å²) >= 11 is 0. The van der Waals surface area contributed by atoms with Crippen molar-refractivity contribution in [1.29, 1.82) is 0 Å². The Kier molecular flexibility index (Phi) is 1.49. The van der Waals surface area contributed by atoms with E-state index >= 15 is 0 Å². The number of hydrogen-bond donors (Lipinski definition) is 2. The molecule has 0 spiro atoms. The molecule has 0 amide bonds. The van der Waals surface area contributed by atoms with Crippen LogP contribution in [-0.4, -0.2) is 27.2 Å². The molecule has 0 radical (unpaired) electrons. The Morgan fingerprint density at radius 1 is 1.75 bits per heavy atom. The first-order valence-electron chi connectivity index (χ1n) is 3.81. The SMILES string of the molecule is O=C(O)c1ncn2c1NCCC2. The molecule has 0 saturated heterocycles. The monoisotopic (exact) mass is 167 g/mol. The quantitative estimate of drug-likeness (QED) is 0.635. The topological polar surface area (TPSA) is 67.1 Å². The lowest BCUT2D eigenvalue weighted by Gasteiger charge is -2.16. The minimum atomic E-state index is -0.974. The van der Waals surface area contributed by atoms with E-state index < -0.39 is 5.97 Å². The summed E-state index contributed by atoms with van der Waals surface area (Å²) in [5, 5.41) is 11.7. The van der Waals surface area contributed by atoms with Gasteiger partial charge >= 0.3 is 5.97 Å². The number of hydrogen-bond acceptors (Lipinski definition) is 3. The molecule has 64 valence electrons. The molecule has 12 heavy (non-hydrogen) atoms. The van der Waals surface area contributed by atoms with Gasteiger partial charge in [0, 0.05) is 13.1 Å². The number of nitrogens with one attached hydrogen (secondary N) is 1. The second kappa shape index (κ2) is 2.51. The highest BCUT2D eigenvalue weighted by Gasteiger charge is 2.18.